The first-order valence-electron chi connectivity index (χ1n) is 6.75. The molecule has 2 nitrogen and oxygen atoms in total. The van der Waals surface area contributed by atoms with Crippen LogP contribution < -0.4 is 5.32 Å². The van der Waals surface area contributed by atoms with Gasteiger partial charge in [-0.05, 0) is 43.7 Å². The zero-order chi connectivity index (χ0) is 13.5. The molecule has 2 aromatic rings. The first-order valence-corrected chi connectivity index (χ1v) is 7.73. The van der Waals surface area contributed by atoms with Gasteiger partial charge in [-0.25, -0.2) is 0 Å². The fourth-order valence-corrected chi connectivity index (χ4v) is 2.87. The normalized spacial score (nSPS) is 10.8. The molecule has 1 heterocycles. The predicted octanol–water partition coefficient (Wildman–Crippen LogP) is 4.38. The Labute approximate surface area is 119 Å². The maximum Gasteiger partial charge on any atom is 0.113 e. The van der Waals surface area contributed by atoms with E-state index in [-0.39, 0.29) is 0 Å². The number of thioether (sulfide) groups is 1. The summed E-state index contributed by atoms with van der Waals surface area (Å²) in [6.07, 6.45) is 2.90. The molecule has 0 saturated carbocycles. The summed E-state index contributed by atoms with van der Waals surface area (Å²) in [5.74, 6) is 1.91. The van der Waals surface area contributed by atoms with Crippen LogP contribution in [0.1, 0.15) is 30.2 Å². The van der Waals surface area contributed by atoms with E-state index in [1.165, 1.54) is 22.4 Å². The van der Waals surface area contributed by atoms with Crippen LogP contribution in [0.25, 0.3) is 0 Å². The van der Waals surface area contributed by atoms with Crippen molar-refractivity contribution < 1.29 is 4.42 Å². The van der Waals surface area contributed by atoms with E-state index in [4.69, 9.17) is 4.42 Å². The molecule has 3 heteroatoms. The van der Waals surface area contributed by atoms with Gasteiger partial charge in [0.05, 0.1) is 12.0 Å². The highest BCUT2D eigenvalue weighted by molar-refractivity contribution is 7.98. The van der Waals surface area contributed by atoms with Crippen LogP contribution in [-0.4, -0.2) is 6.54 Å². The second-order valence-electron chi connectivity index (χ2n) is 4.66. The smallest absolute Gasteiger partial charge is 0.113 e. The van der Waals surface area contributed by atoms with Gasteiger partial charge >= 0.3 is 0 Å². The fourth-order valence-electron chi connectivity index (χ4n) is 1.93. The summed E-state index contributed by atoms with van der Waals surface area (Å²) in [7, 11) is 0. The first-order chi connectivity index (χ1) is 9.29. The summed E-state index contributed by atoms with van der Waals surface area (Å²) in [5.41, 5.74) is 2.70. The van der Waals surface area contributed by atoms with E-state index in [0.29, 0.717) is 0 Å². The van der Waals surface area contributed by atoms with Gasteiger partial charge in [0.1, 0.15) is 5.76 Å². The Balaban J connectivity index is 2.01. The van der Waals surface area contributed by atoms with Crippen LogP contribution in [0.4, 0.5) is 0 Å². The lowest BCUT2D eigenvalue weighted by Crippen LogP contribution is -2.14. The Morgan fingerprint density at radius 1 is 1.26 bits per heavy atom. The molecule has 0 radical (unpaired) electrons. The van der Waals surface area contributed by atoms with E-state index in [1.54, 1.807) is 6.26 Å². The van der Waals surface area contributed by atoms with Crippen LogP contribution in [0.2, 0.25) is 0 Å². The largest absolute Gasteiger partial charge is 0.468 e. The van der Waals surface area contributed by atoms with Crippen molar-refractivity contribution in [3.8, 4) is 0 Å². The van der Waals surface area contributed by atoms with Gasteiger partial charge in [0.25, 0.3) is 0 Å². The zero-order valence-electron chi connectivity index (χ0n) is 11.6. The molecular formula is C16H21NOS. The average molecular weight is 275 g/mol. The molecule has 0 unspecified atom stereocenters. The van der Waals surface area contributed by atoms with Crippen LogP contribution in [0, 0.1) is 6.92 Å². The molecule has 102 valence electrons. The molecule has 2 rings (SSSR count). The molecule has 0 fully saturated rings. The second-order valence-corrected chi connectivity index (χ2v) is 5.67. The number of benzene rings is 1. The predicted molar refractivity (Wildman–Crippen MR) is 81.4 cm³/mol. The Bertz CT molecular complexity index is 493. The zero-order valence-corrected chi connectivity index (χ0v) is 12.4. The van der Waals surface area contributed by atoms with E-state index in [0.717, 1.165) is 24.6 Å². The Hall–Kier alpha value is -1.19. The minimum absolute atomic E-state index is 0.886. The number of rotatable bonds is 7. The van der Waals surface area contributed by atoms with Crippen molar-refractivity contribution in [1.82, 2.24) is 5.32 Å². The molecule has 19 heavy (non-hydrogen) atoms. The average Bonchev–Trinajstić information content (AvgIpc) is 2.91. The van der Waals surface area contributed by atoms with E-state index >= 15 is 0 Å². The summed E-state index contributed by atoms with van der Waals surface area (Å²) in [6, 6.07) is 10.6. The van der Waals surface area contributed by atoms with Crippen LogP contribution in [0.15, 0.2) is 45.9 Å². The summed E-state index contributed by atoms with van der Waals surface area (Å²) in [4.78, 5) is 1.34. The minimum atomic E-state index is 0.886. The van der Waals surface area contributed by atoms with Crippen LogP contribution in [0.5, 0.6) is 0 Å². The van der Waals surface area contributed by atoms with Gasteiger partial charge in [-0.3, -0.25) is 0 Å². The topological polar surface area (TPSA) is 25.2 Å². The highest BCUT2D eigenvalue weighted by atomic mass is 32.2. The lowest BCUT2D eigenvalue weighted by Gasteiger charge is -2.10. The van der Waals surface area contributed by atoms with Gasteiger partial charge in [-0.2, -0.15) is 0 Å². The molecule has 0 spiro atoms. The SMILES string of the molecule is CCCNCc1cc(C)ccc1SCc1ccco1. The number of aryl methyl sites for hydroxylation is 1. The molecule has 0 amide bonds. The van der Waals surface area contributed by atoms with Gasteiger partial charge in [0, 0.05) is 11.4 Å². The maximum atomic E-state index is 5.38. The van der Waals surface area contributed by atoms with Crippen molar-refractivity contribution in [2.45, 2.75) is 37.5 Å². The number of nitrogens with one attached hydrogen (secondary N) is 1. The van der Waals surface area contributed by atoms with Crippen molar-refractivity contribution in [3.63, 3.8) is 0 Å². The van der Waals surface area contributed by atoms with Crippen molar-refractivity contribution in [2.75, 3.05) is 6.54 Å². The molecule has 1 N–H and O–H groups in total. The lowest BCUT2D eigenvalue weighted by molar-refractivity contribution is 0.530. The molecule has 1 aromatic heterocycles. The van der Waals surface area contributed by atoms with E-state index in [9.17, 15) is 0 Å². The summed E-state index contributed by atoms with van der Waals surface area (Å²) in [6.45, 7) is 6.34. The maximum absolute atomic E-state index is 5.38. The van der Waals surface area contributed by atoms with Crippen molar-refractivity contribution in [2.24, 2.45) is 0 Å². The third-order valence-electron chi connectivity index (χ3n) is 2.91. The van der Waals surface area contributed by atoms with Crippen LogP contribution >= 0.6 is 11.8 Å². The highest BCUT2D eigenvalue weighted by Crippen LogP contribution is 2.27. The van der Waals surface area contributed by atoms with Gasteiger partial charge in [0.15, 0.2) is 0 Å². The molecule has 1 aromatic carbocycles. The third kappa shape index (κ3) is 4.44. The van der Waals surface area contributed by atoms with Gasteiger partial charge in [0.2, 0.25) is 0 Å². The Morgan fingerprint density at radius 3 is 2.89 bits per heavy atom. The molecule has 0 saturated heterocycles. The van der Waals surface area contributed by atoms with Crippen molar-refractivity contribution in [1.29, 1.82) is 0 Å². The molecule has 0 aliphatic carbocycles. The summed E-state index contributed by atoms with van der Waals surface area (Å²) < 4.78 is 5.38. The lowest BCUT2D eigenvalue weighted by atomic mass is 10.1. The van der Waals surface area contributed by atoms with Gasteiger partial charge in [-0.1, -0.05) is 24.6 Å². The summed E-state index contributed by atoms with van der Waals surface area (Å²) in [5, 5.41) is 3.48. The van der Waals surface area contributed by atoms with Crippen molar-refractivity contribution in [3.05, 3.63) is 53.5 Å². The molecule has 0 aliphatic rings. The fraction of sp³-hybridized carbons (Fsp3) is 0.375. The second kappa shape index (κ2) is 7.41. The van der Waals surface area contributed by atoms with E-state index < -0.39 is 0 Å². The standard InChI is InChI=1S/C16H21NOS/c1-3-8-17-11-14-10-13(2)6-7-16(14)19-12-15-5-4-9-18-15/h4-7,9-10,17H,3,8,11-12H2,1-2H3. The highest BCUT2D eigenvalue weighted by Gasteiger charge is 2.05. The quantitative estimate of drug-likeness (QED) is 0.599. The van der Waals surface area contributed by atoms with Gasteiger partial charge in [-0.15, -0.1) is 11.8 Å². The molecule has 0 aliphatic heterocycles. The van der Waals surface area contributed by atoms with Crippen LogP contribution in [-0.2, 0) is 12.3 Å². The Kier molecular flexibility index (Phi) is 5.55. The van der Waals surface area contributed by atoms with E-state index in [2.05, 4.69) is 37.4 Å². The van der Waals surface area contributed by atoms with Crippen molar-refractivity contribution >= 4 is 11.8 Å². The number of furan rings is 1. The molecule has 0 atom stereocenters. The summed E-state index contributed by atoms with van der Waals surface area (Å²) >= 11 is 1.84. The van der Waals surface area contributed by atoms with Gasteiger partial charge < -0.3 is 9.73 Å². The van der Waals surface area contributed by atoms with Crippen LogP contribution in [0.3, 0.4) is 0 Å². The monoisotopic (exact) mass is 275 g/mol. The molecular weight excluding hydrogens is 254 g/mol. The number of hydrogen-bond acceptors (Lipinski definition) is 3. The Morgan fingerprint density at radius 2 is 2.16 bits per heavy atom. The number of hydrogen-bond donors (Lipinski definition) is 1. The first kappa shape index (κ1) is 14.2. The molecule has 0 bridgehead atoms. The minimum Gasteiger partial charge on any atom is -0.468 e. The third-order valence-corrected chi connectivity index (χ3v) is 4.05. The van der Waals surface area contributed by atoms with E-state index in [1.807, 2.05) is 23.9 Å².